The molecule has 2 rings (SSSR count). The molecule has 4 N–H and O–H groups in total. The first kappa shape index (κ1) is 14.4. The van der Waals surface area contributed by atoms with Gasteiger partial charge in [-0.1, -0.05) is 12.1 Å². The number of nitrogens with two attached hydrogens (primary N) is 1. The molecular weight excluding hydrogens is 269 g/mol. The molecule has 1 aromatic carbocycles. The number of nitrogens with zero attached hydrogens (tertiary/aromatic N) is 1. The molecule has 0 saturated carbocycles. The summed E-state index contributed by atoms with van der Waals surface area (Å²) in [6, 6.07) is 5.13. The summed E-state index contributed by atoms with van der Waals surface area (Å²) in [5.41, 5.74) is 6.35. The molecule has 0 spiro atoms. The van der Waals surface area contributed by atoms with Crippen LogP contribution in [0.5, 0.6) is 0 Å². The molecule has 0 aliphatic rings. The Balaban J connectivity index is 2.26. The van der Waals surface area contributed by atoms with E-state index < -0.39 is 11.7 Å². The summed E-state index contributed by atoms with van der Waals surface area (Å²) in [5.74, 6) is 0. The number of H-pyrrole nitrogens is 1. The van der Waals surface area contributed by atoms with E-state index in [-0.39, 0.29) is 0 Å². The fourth-order valence-corrected chi connectivity index (χ4v) is 1.82. The van der Waals surface area contributed by atoms with E-state index in [1.54, 1.807) is 12.3 Å². The van der Waals surface area contributed by atoms with Crippen LogP contribution in [0, 0.1) is 0 Å². The second-order valence-corrected chi connectivity index (χ2v) is 4.31. The lowest BCUT2D eigenvalue weighted by Crippen LogP contribution is -2.08. The summed E-state index contributed by atoms with van der Waals surface area (Å²) in [7, 11) is 0. The highest BCUT2D eigenvalue weighted by atomic mass is 19.4. The number of halogens is 3. The van der Waals surface area contributed by atoms with Crippen LogP contribution in [0.2, 0.25) is 0 Å². The van der Waals surface area contributed by atoms with E-state index in [1.165, 1.54) is 6.07 Å². The molecule has 4 nitrogen and oxygen atoms in total. The smallest absolute Gasteiger partial charge is 0.382 e. The van der Waals surface area contributed by atoms with Crippen LogP contribution in [-0.2, 0) is 6.18 Å². The van der Waals surface area contributed by atoms with Crippen molar-refractivity contribution in [2.75, 3.05) is 18.4 Å². The molecule has 0 saturated heterocycles. The Morgan fingerprint density at radius 3 is 2.80 bits per heavy atom. The summed E-state index contributed by atoms with van der Waals surface area (Å²) in [6.07, 6.45) is -2.04. The fraction of sp³-hybridized carbons (Fsp3) is 0.308. The highest BCUT2D eigenvalue weighted by Gasteiger charge is 2.30. The summed E-state index contributed by atoms with van der Waals surface area (Å²) >= 11 is 0. The Morgan fingerprint density at radius 2 is 2.10 bits per heavy atom. The molecule has 0 atom stereocenters. The van der Waals surface area contributed by atoms with Crippen LogP contribution in [0.25, 0.3) is 11.3 Å². The lowest BCUT2D eigenvalue weighted by Gasteiger charge is -2.10. The van der Waals surface area contributed by atoms with Crippen molar-refractivity contribution in [3.63, 3.8) is 0 Å². The Morgan fingerprint density at radius 1 is 1.30 bits per heavy atom. The topological polar surface area (TPSA) is 66.7 Å². The third-order valence-corrected chi connectivity index (χ3v) is 2.81. The van der Waals surface area contributed by atoms with Crippen LogP contribution < -0.4 is 11.1 Å². The molecule has 20 heavy (non-hydrogen) atoms. The molecule has 0 amide bonds. The third kappa shape index (κ3) is 3.30. The lowest BCUT2D eigenvalue weighted by molar-refractivity contribution is -0.137. The van der Waals surface area contributed by atoms with Crippen molar-refractivity contribution in [3.8, 4) is 11.3 Å². The zero-order valence-electron chi connectivity index (χ0n) is 10.7. The average Bonchev–Trinajstić information content (AvgIpc) is 2.87. The van der Waals surface area contributed by atoms with Crippen LogP contribution in [0.15, 0.2) is 30.5 Å². The van der Waals surface area contributed by atoms with Gasteiger partial charge in [-0.05, 0) is 25.1 Å². The minimum absolute atomic E-state index is 0.438. The number of aromatic amines is 1. The van der Waals surface area contributed by atoms with Crippen molar-refractivity contribution in [2.45, 2.75) is 12.6 Å². The summed E-state index contributed by atoms with van der Waals surface area (Å²) in [4.78, 5) is 0. The predicted octanol–water partition coefficient (Wildman–Crippen LogP) is 2.86. The monoisotopic (exact) mass is 284 g/mol. The van der Waals surface area contributed by atoms with Crippen molar-refractivity contribution in [3.05, 3.63) is 36.0 Å². The number of anilines is 1. The molecule has 0 radical (unpaired) electrons. The number of hydrogen-bond donors (Lipinski definition) is 3. The molecular formula is C13H15F3N4. The Hall–Kier alpha value is -2.02. The van der Waals surface area contributed by atoms with Crippen LogP contribution in [0.4, 0.5) is 18.9 Å². The maximum Gasteiger partial charge on any atom is 0.416 e. The Labute approximate surface area is 114 Å². The number of nitrogens with one attached hydrogen (secondary N) is 2. The van der Waals surface area contributed by atoms with Crippen molar-refractivity contribution < 1.29 is 13.2 Å². The van der Waals surface area contributed by atoms with Gasteiger partial charge < -0.3 is 11.1 Å². The van der Waals surface area contributed by atoms with Gasteiger partial charge in [0.15, 0.2) is 0 Å². The fourth-order valence-electron chi connectivity index (χ4n) is 1.82. The summed E-state index contributed by atoms with van der Waals surface area (Å²) in [5, 5.41) is 9.68. The minimum Gasteiger partial charge on any atom is -0.382 e. The van der Waals surface area contributed by atoms with Gasteiger partial charge in [0.1, 0.15) is 0 Å². The molecule has 7 heteroatoms. The van der Waals surface area contributed by atoms with Gasteiger partial charge in [-0.25, -0.2) is 0 Å². The predicted molar refractivity (Wildman–Crippen MR) is 71.2 cm³/mol. The SMILES string of the molecule is NCCCNc1cn[nH]c1-c1cccc(C(F)(F)F)c1. The number of hydrogen-bond acceptors (Lipinski definition) is 3. The zero-order valence-corrected chi connectivity index (χ0v) is 10.7. The van der Waals surface area contributed by atoms with Crippen molar-refractivity contribution in [2.24, 2.45) is 5.73 Å². The van der Waals surface area contributed by atoms with Gasteiger partial charge in [-0.15, -0.1) is 0 Å². The third-order valence-electron chi connectivity index (χ3n) is 2.81. The van der Waals surface area contributed by atoms with E-state index in [9.17, 15) is 13.2 Å². The second-order valence-electron chi connectivity index (χ2n) is 4.31. The lowest BCUT2D eigenvalue weighted by atomic mass is 10.1. The van der Waals surface area contributed by atoms with E-state index in [1.807, 2.05) is 0 Å². The Bertz CT molecular complexity index is 563. The first-order valence-electron chi connectivity index (χ1n) is 6.17. The van der Waals surface area contributed by atoms with E-state index in [0.29, 0.717) is 30.0 Å². The molecule has 0 fully saturated rings. The first-order chi connectivity index (χ1) is 9.52. The van der Waals surface area contributed by atoms with Gasteiger partial charge in [0.2, 0.25) is 0 Å². The van der Waals surface area contributed by atoms with Crippen molar-refractivity contribution in [1.82, 2.24) is 10.2 Å². The summed E-state index contributed by atoms with van der Waals surface area (Å²) in [6.45, 7) is 1.19. The van der Waals surface area contributed by atoms with E-state index in [0.717, 1.165) is 18.6 Å². The van der Waals surface area contributed by atoms with E-state index in [4.69, 9.17) is 5.73 Å². The molecule has 1 heterocycles. The van der Waals surface area contributed by atoms with Gasteiger partial charge >= 0.3 is 6.18 Å². The van der Waals surface area contributed by atoms with Crippen LogP contribution in [0.1, 0.15) is 12.0 Å². The molecule has 108 valence electrons. The number of aromatic nitrogens is 2. The highest BCUT2D eigenvalue weighted by molar-refractivity contribution is 5.74. The van der Waals surface area contributed by atoms with Crippen molar-refractivity contribution >= 4 is 5.69 Å². The van der Waals surface area contributed by atoms with Gasteiger partial charge in [0.05, 0.1) is 23.1 Å². The molecule has 0 aliphatic carbocycles. The van der Waals surface area contributed by atoms with Crippen LogP contribution in [-0.4, -0.2) is 23.3 Å². The normalized spacial score (nSPS) is 11.6. The van der Waals surface area contributed by atoms with Crippen LogP contribution >= 0.6 is 0 Å². The van der Waals surface area contributed by atoms with Gasteiger partial charge in [0, 0.05) is 12.1 Å². The molecule has 0 aliphatic heterocycles. The Kier molecular flexibility index (Phi) is 4.29. The van der Waals surface area contributed by atoms with E-state index in [2.05, 4.69) is 15.5 Å². The van der Waals surface area contributed by atoms with E-state index >= 15 is 0 Å². The van der Waals surface area contributed by atoms with Crippen LogP contribution in [0.3, 0.4) is 0 Å². The van der Waals surface area contributed by atoms with Gasteiger partial charge in [0.25, 0.3) is 0 Å². The minimum atomic E-state index is -4.36. The largest absolute Gasteiger partial charge is 0.416 e. The molecule has 2 aromatic rings. The van der Waals surface area contributed by atoms with Gasteiger partial charge in [-0.2, -0.15) is 18.3 Å². The highest BCUT2D eigenvalue weighted by Crippen LogP contribution is 2.33. The standard InChI is InChI=1S/C13H15F3N4/c14-13(15,16)10-4-1-3-9(7-10)12-11(8-19-20-12)18-6-2-5-17/h1,3-4,7-8,18H,2,5-6,17H2,(H,19,20). The first-order valence-corrected chi connectivity index (χ1v) is 6.17. The quantitative estimate of drug-likeness (QED) is 0.740. The molecule has 0 unspecified atom stereocenters. The summed E-state index contributed by atoms with van der Waals surface area (Å²) < 4.78 is 38.1. The number of benzene rings is 1. The van der Waals surface area contributed by atoms with Gasteiger partial charge in [-0.3, -0.25) is 5.10 Å². The molecule has 1 aromatic heterocycles. The maximum absolute atomic E-state index is 12.7. The second kappa shape index (κ2) is 5.96. The average molecular weight is 284 g/mol. The van der Waals surface area contributed by atoms with Crippen molar-refractivity contribution in [1.29, 1.82) is 0 Å². The number of alkyl halides is 3. The maximum atomic E-state index is 12.7. The zero-order chi connectivity index (χ0) is 14.6. The molecule has 0 bridgehead atoms. The number of rotatable bonds is 5.